The lowest BCUT2D eigenvalue weighted by Crippen LogP contribution is -2.26. The lowest BCUT2D eigenvalue weighted by Gasteiger charge is -2.08. The third-order valence-corrected chi connectivity index (χ3v) is 3.45. The fourth-order valence-corrected chi connectivity index (χ4v) is 2.20. The van der Waals surface area contributed by atoms with E-state index in [4.69, 9.17) is 4.74 Å². The first-order valence-electron chi connectivity index (χ1n) is 7.17. The molecule has 0 amide bonds. The molecule has 0 radical (unpaired) electrons. The Hall–Kier alpha value is -3.23. The number of rotatable bonds is 5. The first-order valence-corrected chi connectivity index (χ1v) is 7.17. The van der Waals surface area contributed by atoms with Gasteiger partial charge >= 0.3 is 5.97 Å². The molecule has 124 valence electrons. The molecule has 2 aromatic heterocycles. The van der Waals surface area contributed by atoms with Crippen molar-refractivity contribution in [2.75, 3.05) is 13.7 Å². The van der Waals surface area contributed by atoms with Crippen molar-refractivity contribution in [2.45, 2.75) is 6.54 Å². The van der Waals surface area contributed by atoms with Crippen LogP contribution in [-0.4, -0.2) is 44.5 Å². The molecule has 0 aliphatic carbocycles. The number of carbonyl (C=O) groups excluding carboxylic acids is 1. The zero-order chi connectivity index (χ0) is 17.1. The van der Waals surface area contributed by atoms with Crippen LogP contribution in [0.3, 0.4) is 0 Å². The number of fused-ring (bicyclic) bond motifs is 1. The lowest BCUT2D eigenvalue weighted by atomic mass is 10.2. The number of aryl methyl sites for hydroxylation is 1. The maximum atomic E-state index is 12.3. The van der Waals surface area contributed by atoms with E-state index in [-0.39, 0.29) is 18.7 Å². The molecular formula is C15H15N5O4. The molecule has 9 nitrogen and oxygen atoms in total. The second-order valence-electron chi connectivity index (χ2n) is 4.99. The smallest absolute Gasteiger partial charge is 0.337 e. The van der Waals surface area contributed by atoms with Gasteiger partial charge in [-0.1, -0.05) is 11.3 Å². The zero-order valence-corrected chi connectivity index (χ0v) is 13.2. The van der Waals surface area contributed by atoms with Gasteiger partial charge < -0.3 is 9.47 Å². The molecule has 0 fully saturated rings. The molecule has 0 saturated heterocycles. The van der Waals surface area contributed by atoms with Gasteiger partial charge in [0.1, 0.15) is 17.7 Å². The topological polar surface area (TPSA) is 101 Å². The minimum absolute atomic E-state index is 0.199. The lowest BCUT2D eigenvalue weighted by molar-refractivity contribution is 0.0600. The van der Waals surface area contributed by atoms with Gasteiger partial charge in [-0.05, 0) is 18.2 Å². The van der Waals surface area contributed by atoms with Crippen LogP contribution in [0.1, 0.15) is 10.4 Å². The van der Waals surface area contributed by atoms with E-state index in [0.29, 0.717) is 22.3 Å². The van der Waals surface area contributed by atoms with Crippen LogP contribution in [0.5, 0.6) is 5.75 Å². The molecule has 0 saturated carbocycles. The van der Waals surface area contributed by atoms with E-state index in [1.165, 1.54) is 22.7 Å². The molecule has 1 aromatic carbocycles. The van der Waals surface area contributed by atoms with Crippen molar-refractivity contribution < 1.29 is 14.3 Å². The zero-order valence-electron chi connectivity index (χ0n) is 13.2. The van der Waals surface area contributed by atoms with E-state index < -0.39 is 5.97 Å². The first kappa shape index (κ1) is 15.7. The second kappa shape index (κ2) is 6.49. The average Bonchev–Trinajstić information content (AvgIpc) is 2.98. The van der Waals surface area contributed by atoms with Crippen molar-refractivity contribution in [1.82, 2.24) is 24.8 Å². The number of aromatic nitrogens is 5. The molecule has 0 spiro atoms. The average molecular weight is 329 g/mol. The fraction of sp³-hybridized carbons (Fsp3) is 0.267. The molecule has 0 bridgehead atoms. The molecule has 24 heavy (non-hydrogen) atoms. The van der Waals surface area contributed by atoms with Gasteiger partial charge in [0.25, 0.3) is 5.56 Å². The van der Waals surface area contributed by atoms with E-state index in [2.05, 4.69) is 20.1 Å². The molecule has 2 heterocycles. The van der Waals surface area contributed by atoms with Gasteiger partial charge in [0.2, 0.25) is 0 Å². The summed E-state index contributed by atoms with van der Waals surface area (Å²) in [5.74, 6) is 0.0610. The normalized spacial score (nSPS) is 10.8. The summed E-state index contributed by atoms with van der Waals surface area (Å²) < 4.78 is 12.9. The Morgan fingerprint density at radius 1 is 1.33 bits per heavy atom. The summed E-state index contributed by atoms with van der Waals surface area (Å²) in [5.41, 5.74) is 0.548. The predicted molar refractivity (Wildman–Crippen MR) is 83.8 cm³/mol. The molecule has 0 aliphatic rings. The number of hydrogen-bond acceptors (Lipinski definition) is 7. The standard InChI is InChI=1S/C15H15N5O4/c1-19-13-12(9-16-19)14(21)20(18-17-13)6-7-24-11-5-3-4-10(8-11)15(22)23-2/h3-5,8-9H,6-7H2,1-2H3. The van der Waals surface area contributed by atoms with Crippen molar-refractivity contribution in [1.29, 1.82) is 0 Å². The van der Waals surface area contributed by atoms with Gasteiger partial charge in [-0.3, -0.25) is 4.79 Å². The van der Waals surface area contributed by atoms with E-state index in [1.807, 2.05) is 0 Å². The highest BCUT2D eigenvalue weighted by Crippen LogP contribution is 2.14. The summed E-state index contributed by atoms with van der Waals surface area (Å²) in [6, 6.07) is 6.61. The molecule has 0 unspecified atom stereocenters. The molecule has 0 aliphatic heterocycles. The Morgan fingerprint density at radius 3 is 2.96 bits per heavy atom. The highest BCUT2D eigenvalue weighted by Gasteiger charge is 2.10. The van der Waals surface area contributed by atoms with Crippen molar-refractivity contribution >= 4 is 17.0 Å². The van der Waals surface area contributed by atoms with Crippen LogP contribution in [0.15, 0.2) is 35.3 Å². The van der Waals surface area contributed by atoms with Gasteiger partial charge in [0.05, 0.1) is 25.4 Å². The number of carbonyl (C=O) groups is 1. The number of ether oxygens (including phenoxy) is 2. The van der Waals surface area contributed by atoms with E-state index >= 15 is 0 Å². The Bertz CT molecular complexity index is 946. The van der Waals surface area contributed by atoms with E-state index in [0.717, 1.165) is 0 Å². The molecule has 3 rings (SSSR count). The number of esters is 1. The Morgan fingerprint density at radius 2 is 2.17 bits per heavy atom. The van der Waals surface area contributed by atoms with Crippen molar-refractivity contribution in [2.24, 2.45) is 7.05 Å². The van der Waals surface area contributed by atoms with Crippen LogP contribution in [0.4, 0.5) is 0 Å². The number of benzene rings is 1. The summed E-state index contributed by atoms with van der Waals surface area (Å²) in [5, 5.41) is 12.2. The van der Waals surface area contributed by atoms with Crippen LogP contribution in [-0.2, 0) is 18.3 Å². The number of nitrogens with zero attached hydrogens (tertiary/aromatic N) is 5. The summed E-state index contributed by atoms with van der Waals surface area (Å²) in [6.07, 6.45) is 1.46. The molecule has 0 atom stereocenters. The molecular weight excluding hydrogens is 314 g/mol. The van der Waals surface area contributed by atoms with Gasteiger partial charge in [-0.25, -0.2) is 14.2 Å². The molecule has 9 heteroatoms. The van der Waals surface area contributed by atoms with Crippen molar-refractivity contribution in [3.05, 3.63) is 46.4 Å². The maximum absolute atomic E-state index is 12.3. The van der Waals surface area contributed by atoms with Crippen LogP contribution < -0.4 is 10.3 Å². The largest absolute Gasteiger partial charge is 0.492 e. The molecule has 0 N–H and O–H groups in total. The first-order chi connectivity index (χ1) is 11.6. The Balaban J connectivity index is 1.70. The second-order valence-corrected chi connectivity index (χ2v) is 4.99. The summed E-state index contributed by atoms with van der Waals surface area (Å²) in [7, 11) is 3.01. The van der Waals surface area contributed by atoms with Crippen molar-refractivity contribution in [3.63, 3.8) is 0 Å². The van der Waals surface area contributed by atoms with Crippen LogP contribution in [0, 0.1) is 0 Å². The maximum Gasteiger partial charge on any atom is 0.337 e. The summed E-state index contributed by atoms with van der Waals surface area (Å²) in [6.45, 7) is 0.421. The number of methoxy groups -OCH3 is 1. The highest BCUT2D eigenvalue weighted by atomic mass is 16.5. The Labute approximate surface area is 136 Å². The van der Waals surface area contributed by atoms with Gasteiger partial charge in [0.15, 0.2) is 5.65 Å². The Kier molecular flexibility index (Phi) is 4.23. The van der Waals surface area contributed by atoms with Gasteiger partial charge in [-0.2, -0.15) is 5.10 Å². The van der Waals surface area contributed by atoms with Crippen LogP contribution in [0.25, 0.3) is 11.0 Å². The van der Waals surface area contributed by atoms with Gasteiger partial charge in [-0.15, -0.1) is 5.10 Å². The monoisotopic (exact) mass is 329 g/mol. The van der Waals surface area contributed by atoms with Crippen LogP contribution >= 0.6 is 0 Å². The minimum Gasteiger partial charge on any atom is -0.492 e. The quantitative estimate of drug-likeness (QED) is 0.624. The third-order valence-electron chi connectivity index (χ3n) is 3.45. The predicted octanol–water partition coefficient (Wildman–Crippen LogP) is 0.391. The van der Waals surface area contributed by atoms with E-state index in [1.54, 1.807) is 31.3 Å². The van der Waals surface area contributed by atoms with E-state index in [9.17, 15) is 9.59 Å². The van der Waals surface area contributed by atoms with Gasteiger partial charge in [0, 0.05) is 7.05 Å². The molecule has 3 aromatic rings. The van der Waals surface area contributed by atoms with Crippen LogP contribution in [0.2, 0.25) is 0 Å². The van der Waals surface area contributed by atoms with Crippen molar-refractivity contribution in [3.8, 4) is 5.75 Å². The highest BCUT2D eigenvalue weighted by molar-refractivity contribution is 5.89. The fourth-order valence-electron chi connectivity index (χ4n) is 2.20. The summed E-state index contributed by atoms with van der Waals surface area (Å²) in [4.78, 5) is 23.7. The number of hydrogen-bond donors (Lipinski definition) is 0. The SMILES string of the molecule is COC(=O)c1cccc(OCCn2nnc3c(cnn3C)c2=O)c1. The summed E-state index contributed by atoms with van der Waals surface area (Å²) >= 11 is 0. The minimum atomic E-state index is -0.440. The third kappa shape index (κ3) is 2.96.